The lowest BCUT2D eigenvalue weighted by Gasteiger charge is -2.06. The maximum absolute atomic E-state index is 5.42. The van der Waals surface area contributed by atoms with Crippen molar-refractivity contribution in [3.63, 3.8) is 0 Å². The number of hydrogen-bond donors (Lipinski definition) is 0. The van der Waals surface area contributed by atoms with Gasteiger partial charge in [0.25, 0.3) is 0 Å². The summed E-state index contributed by atoms with van der Waals surface area (Å²) in [5.74, 6) is 0.778. The number of methoxy groups -OCH3 is 1. The molecule has 3 heterocycles. The maximum Gasteiger partial charge on any atom is 0.146 e. The summed E-state index contributed by atoms with van der Waals surface area (Å²) in [6, 6.07) is 1.98. The standard InChI is InChI=1S/C12H11BrN4O/c1-16-6-9(4-14-16)8-3-11(18-2)12-10(13)5-15-17(12)7-8/h3-7H,1-2H3. The number of hydrogen-bond acceptors (Lipinski definition) is 3. The van der Waals surface area contributed by atoms with Crippen LogP contribution in [-0.4, -0.2) is 26.5 Å². The van der Waals surface area contributed by atoms with Crippen molar-refractivity contribution in [2.24, 2.45) is 7.05 Å². The van der Waals surface area contributed by atoms with Gasteiger partial charge in [-0.15, -0.1) is 0 Å². The van der Waals surface area contributed by atoms with E-state index in [2.05, 4.69) is 26.1 Å². The first kappa shape index (κ1) is 11.3. The molecule has 0 bridgehead atoms. The molecule has 0 radical (unpaired) electrons. The zero-order valence-corrected chi connectivity index (χ0v) is 11.5. The average molecular weight is 307 g/mol. The Bertz CT molecular complexity index is 716. The van der Waals surface area contributed by atoms with Crippen molar-refractivity contribution in [2.45, 2.75) is 0 Å². The Morgan fingerprint density at radius 2 is 2.00 bits per heavy atom. The van der Waals surface area contributed by atoms with Crippen LogP contribution in [0.1, 0.15) is 0 Å². The number of nitrogens with zero attached hydrogens (tertiary/aromatic N) is 4. The summed E-state index contributed by atoms with van der Waals surface area (Å²) in [7, 11) is 3.55. The van der Waals surface area contributed by atoms with Crippen molar-refractivity contribution in [3.05, 3.63) is 35.3 Å². The molecule has 0 spiro atoms. The molecule has 3 rings (SSSR count). The highest BCUT2D eigenvalue weighted by molar-refractivity contribution is 9.10. The van der Waals surface area contributed by atoms with Crippen molar-refractivity contribution in [1.29, 1.82) is 0 Å². The van der Waals surface area contributed by atoms with E-state index in [0.29, 0.717) is 0 Å². The van der Waals surface area contributed by atoms with Crippen LogP contribution in [0.3, 0.4) is 0 Å². The summed E-state index contributed by atoms with van der Waals surface area (Å²) in [4.78, 5) is 0. The monoisotopic (exact) mass is 306 g/mol. The van der Waals surface area contributed by atoms with Crippen molar-refractivity contribution in [2.75, 3.05) is 7.11 Å². The maximum atomic E-state index is 5.42. The molecule has 3 aromatic heterocycles. The van der Waals surface area contributed by atoms with Crippen LogP contribution in [0.5, 0.6) is 5.75 Å². The first-order valence-electron chi connectivity index (χ1n) is 5.39. The number of pyridine rings is 1. The van der Waals surface area contributed by atoms with Gasteiger partial charge in [-0.1, -0.05) is 0 Å². The molecule has 3 aromatic rings. The van der Waals surface area contributed by atoms with E-state index in [1.54, 1.807) is 22.5 Å². The molecule has 0 amide bonds. The average Bonchev–Trinajstić information content (AvgIpc) is 2.95. The Morgan fingerprint density at radius 3 is 2.67 bits per heavy atom. The molecular formula is C12H11BrN4O. The van der Waals surface area contributed by atoms with Gasteiger partial charge in [-0.25, -0.2) is 4.52 Å². The zero-order chi connectivity index (χ0) is 12.7. The van der Waals surface area contributed by atoms with Crippen LogP contribution in [0.15, 0.2) is 35.3 Å². The van der Waals surface area contributed by atoms with E-state index in [9.17, 15) is 0 Å². The van der Waals surface area contributed by atoms with Gasteiger partial charge in [0.05, 0.1) is 24.0 Å². The zero-order valence-electron chi connectivity index (χ0n) is 9.96. The van der Waals surface area contributed by atoms with E-state index < -0.39 is 0 Å². The first-order chi connectivity index (χ1) is 8.69. The number of rotatable bonds is 2. The van der Waals surface area contributed by atoms with Gasteiger partial charge < -0.3 is 4.74 Å². The third kappa shape index (κ3) is 1.69. The lowest BCUT2D eigenvalue weighted by molar-refractivity contribution is 0.417. The van der Waals surface area contributed by atoms with Crippen LogP contribution in [0, 0.1) is 0 Å². The van der Waals surface area contributed by atoms with E-state index >= 15 is 0 Å². The van der Waals surface area contributed by atoms with Crippen LogP contribution in [0.2, 0.25) is 0 Å². The first-order valence-corrected chi connectivity index (χ1v) is 6.18. The fraction of sp³-hybridized carbons (Fsp3) is 0.167. The number of aromatic nitrogens is 4. The SMILES string of the molecule is COc1cc(-c2cnn(C)c2)cn2ncc(Br)c12. The molecule has 0 saturated heterocycles. The summed E-state index contributed by atoms with van der Waals surface area (Å²) in [5, 5.41) is 8.45. The van der Waals surface area contributed by atoms with Gasteiger partial charge >= 0.3 is 0 Å². The molecule has 18 heavy (non-hydrogen) atoms. The van der Waals surface area contributed by atoms with E-state index in [4.69, 9.17) is 4.74 Å². The molecule has 0 aliphatic carbocycles. The van der Waals surface area contributed by atoms with Gasteiger partial charge in [-0.05, 0) is 22.0 Å². The van der Waals surface area contributed by atoms with E-state index in [-0.39, 0.29) is 0 Å². The minimum Gasteiger partial charge on any atom is -0.494 e. The van der Waals surface area contributed by atoms with Crippen molar-refractivity contribution < 1.29 is 4.74 Å². The molecule has 5 nitrogen and oxygen atoms in total. The largest absolute Gasteiger partial charge is 0.494 e. The van der Waals surface area contributed by atoms with Gasteiger partial charge in [-0.2, -0.15) is 10.2 Å². The molecular weight excluding hydrogens is 296 g/mol. The third-order valence-corrected chi connectivity index (χ3v) is 3.37. The quantitative estimate of drug-likeness (QED) is 0.731. The van der Waals surface area contributed by atoms with Crippen LogP contribution in [-0.2, 0) is 7.05 Å². The Morgan fingerprint density at radius 1 is 1.17 bits per heavy atom. The molecule has 0 aromatic carbocycles. The van der Waals surface area contributed by atoms with Gasteiger partial charge in [0.1, 0.15) is 11.3 Å². The Labute approximate surface area is 112 Å². The molecule has 0 unspecified atom stereocenters. The van der Waals surface area contributed by atoms with Gasteiger partial charge in [-0.3, -0.25) is 4.68 Å². The molecule has 0 aliphatic heterocycles. The summed E-state index contributed by atoms with van der Waals surface area (Å²) < 4.78 is 9.90. The summed E-state index contributed by atoms with van der Waals surface area (Å²) in [6.45, 7) is 0. The minimum atomic E-state index is 0.778. The Kier molecular flexibility index (Phi) is 2.59. The van der Waals surface area contributed by atoms with Crippen molar-refractivity contribution >= 4 is 21.4 Å². The van der Waals surface area contributed by atoms with Crippen LogP contribution in [0.4, 0.5) is 0 Å². The predicted molar refractivity (Wildman–Crippen MR) is 71.6 cm³/mol. The normalized spacial score (nSPS) is 11.1. The van der Waals surface area contributed by atoms with Gasteiger partial charge in [0.2, 0.25) is 0 Å². The lowest BCUT2D eigenvalue weighted by Crippen LogP contribution is -1.93. The fourth-order valence-electron chi connectivity index (χ4n) is 1.93. The third-order valence-electron chi connectivity index (χ3n) is 2.79. The highest BCUT2D eigenvalue weighted by Gasteiger charge is 2.11. The smallest absolute Gasteiger partial charge is 0.146 e. The second kappa shape index (κ2) is 4.13. The van der Waals surface area contributed by atoms with E-state index in [1.165, 1.54) is 0 Å². The summed E-state index contributed by atoms with van der Waals surface area (Å²) in [6.07, 6.45) is 7.49. The number of aryl methyl sites for hydroxylation is 1. The second-order valence-electron chi connectivity index (χ2n) is 3.99. The topological polar surface area (TPSA) is 44.4 Å². The summed E-state index contributed by atoms with van der Waals surface area (Å²) in [5.41, 5.74) is 2.97. The van der Waals surface area contributed by atoms with Crippen LogP contribution < -0.4 is 4.74 Å². The van der Waals surface area contributed by atoms with E-state index in [0.717, 1.165) is 26.9 Å². The molecule has 0 atom stereocenters. The molecule has 0 N–H and O–H groups in total. The fourth-order valence-corrected chi connectivity index (χ4v) is 2.40. The minimum absolute atomic E-state index is 0.778. The number of fused-ring (bicyclic) bond motifs is 1. The van der Waals surface area contributed by atoms with E-state index in [1.807, 2.05) is 31.7 Å². The molecule has 0 aliphatic rings. The highest BCUT2D eigenvalue weighted by atomic mass is 79.9. The number of ether oxygens (including phenoxy) is 1. The van der Waals surface area contributed by atoms with Gasteiger partial charge in [0, 0.05) is 30.6 Å². The highest BCUT2D eigenvalue weighted by Crippen LogP contribution is 2.31. The molecule has 0 fully saturated rings. The lowest BCUT2D eigenvalue weighted by atomic mass is 10.1. The van der Waals surface area contributed by atoms with Crippen LogP contribution in [0.25, 0.3) is 16.6 Å². The number of halogens is 1. The Hall–Kier alpha value is -1.82. The van der Waals surface area contributed by atoms with Crippen LogP contribution >= 0.6 is 15.9 Å². The van der Waals surface area contributed by atoms with Crippen molar-refractivity contribution in [1.82, 2.24) is 19.4 Å². The second-order valence-corrected chi connectivity index (χ2v) is 4.84. The van der Waals surface area contributed by atoms with Crippen molar-refractivity contribution in [3.8, 4) is 16.9 Å². The molecule has 6 heteroatoms. The summed E-state index contributed by atoms with van der Waals surface area (Å²) >= 11 is 3.46. The molecule has 92 valence electrons. The molecule has 0 saturated carbocycles. The Balaban J connectivity index is 2.26. The predicted octanol–water partition coefficient (Wildman–Crippen LogP) is 2.51. The van der Waals surface area contributed by atoms with Gasteiger partial charge in [0.15, 0.2) is 0 Å².